The summed E-state index contributed by atoms with van der Waals surface area (Å²) in [4.78, 5) is 0. The molecule has 4 heteroatoms. The van der Waals surface area contributed by atoms with Gasteiger partial charge in [-0.2, -0.15) is 0 Å². The summed E-state index contributed by atoms with van der Waals surface area (Å²) in [6.07, 6.45) is 5.29. The molecule has 0 radical (unpaired) electrons. The second-order valence-electron chi connectivity index (χ2n) is 5.12. The van der Waals surface area contributed by atoms with Crippen LogP contribution in [-0.2, 0) is 0 Å². The summed E-state index contributed by atoms with van der Waals surface area (Å²) in [5, 5.41) is 10.6. The van der Waals surface area contributed by atoms with E-state index in [0.717, 1.165) is 30.2 Å². The lowest BCUT2D eigenvalue weighted by Gasteiger charge is -2.32. The summed E-state index contributed by atoms with van der Waals surface area (Å²) in [6, 6.07) is 1.81. The first kappa shape index (κ1) is 13.1. The van der Waals surface area contributed by atoms with Crippen molar-refractivity contribution in [2.45, 2.75) is 38.7 Å². The molecule has 1 aromatic rings. The molecule has 1 saturated carbocycles. The van der Waals surface area contributed by atoms with Gasteiger partial charge in [0.15, 0.2) is 0 Å². The molecule has 2 rings (SSSR count). The Labute approximate surface area is 111 Å². The molecule has 3 nitrogen and oxygen atoms in total. The van der Waals surface area contributed by atoms with E-state index in [1.54, 1.807) is 6.26 Å². The van der Waals surface area contributed by atoms with Crippen LogP contribution in [0.5, 0.6) is 0 Å². The quantitative estimate of drug-likeness (QED) is 0.897. The van der Waals surface area contributed by atoms with Gasteiger partial charge in [0.2, 0.25) is 0 Å². The van der Waals surface area contributed by atoms with Gasteiger partial charge < -0.3 is 15.3 Å². The van der Waals surface area contributed by atoms with E-state index in [1.807, 2.05) is 6.07 Å². The molecule has 96 valence electrons. The number of nitrogens with two attached hydrogens (primary N) is 1. The van der Waals surface area contributed by atoms with E-state index >= 15 is 0 Å². The van der Waals surface area contributed by atoms with Gasteiger partial charge in [0.25, 0.3) is 0 Å². The minimum Gasteiger partial charge on any atom is -0.465 e. The van der Waals surface area contributed by atoms with E-state index in [2.05, 4.69) is 22.9 Å². The molecule has 1 aromatic heterocycles. The molecule has 0 aromatic carbocycles. The van der Waals surface area contributed by atoms with Crippen LogP contribution in [0.1, 0.15) is 44.5 Å². The molecule has 0 spiro atoms. The summed E-state index contributed by atoms with van der Waals surface area (Å²) in [6.45, 7) is 2.71. The molecule has 3 atom stereocenters. The highest BCUT2D eigenvalue weighted by Crippen LogP contribution is 2.51. The molecule has 17 heavy (non-hydrogen) atoms. The van der Waals surface area contributed by atoms with Crippen LogP contribution in [0.25, 0.3) is 0 Å². The van der Waals surface area contributed by atoms with Crippen LogP contribution in [0.15, 0.2) is 21.2 Å². The number of halogens is 1. The number of furan rings is 1. The molecule has 3 unspecified atom stereocenters. The topological polar surface area (TPSA) is 59.4 Å². The van der Waals surface area contributed by atoms with Gasteiger partial charge in [0, 0.05) is 12.0 Å². The predicted octanol–water partition coefficient (Wildman–Crippen LogP) is 3.23. The second kappa shape index (κ2) is 5.12. The Bertz CT molecular complexity index is 379. The standard InChI is InChI=1S/C13H20BrNO2/c1-2-9-3-5-13(7-9,8-15)12(16)11-10(14)4-6-17-11/h4,6,9,12,16H,2-3,5,7-8,15H2,1H3. The molecule has 0 amide bonds. The van der Waals surface area contributed by atoms with E-state index < -0.39 is 6.10 Å². The van der Waals surface area contributed by atoms with Crippen molar-refractivity contribution in [1.82, 2.24) is 0 Å². The van der Waals surface area contributed by atoms with E-state index in [4.69, 9.17) is 10.2 Å². The molecular weight excluding hydrogens is 282 g/mol. The fourth-order valence-electron chi connectivity index (χ4n) is 2.94. The third kappa shape index (κ3) is 2.30. The van der Waals surface area contributed by atoms with Crippen molar-refractivity contribution in [3.05, 3.63) is 22.6 Å². The van der Waals surface area contributed by atoms with Crippen molar-refractivity contribution >= 4 is 15.9 Å². The fraction of sp³-hybridized carbons (Fsp3) is 0.692. The smallest absolute Gasteiger partial charge is 0.147 e. The summed E-state index contributed by atoms with van der Waals surface area (Å²) < 4.78 is 6.21. The Morgan fingerprint density at radius 3 is 2.94 bits per heavy atom. The van der Waals surface area contributed by atoms with Crippen LogP contribution in [0.4, 0.5) is 0 Å². The zero-order valence-corrected chi connectivity index (χ0v) is 11.7. The van der Waals surface area contributed by atoms with E-state index in [9.17, 15) is 5.11 Å². The van der Waals surface area contributed by atoms with Crippen LogP contribution in [0, 0.1) is 11.3 Å². The van der Waals surface area contributed by atoms with Crippen molar-refractivity contribution in [2.24, 2.45) is 17.1 Å². The molecule has 1 fully saturated rings. The molecule has 0 bridgehead atoms. The van der Waals surface area contributed by atoms with E-state index in [0.29, 0.717) is 18.2 Å². The van der Waals surface area contributed by atoms with Crippen molar-refractivity contribution < 1.29 is 9.52 Å². The summed E-state index contributed by atoms with van der Waals surface area (Å²) in [7, 11) is 0. The fourth-order valence-corrected chi connectivity index (χ4v) is 3.36. The number of hydrogen-bond donors (Lipinski definition) is 2. The van der Waals surface area contributed by atoms with Crippen molar-refractivity contribution in [3.63, 3.8) is 0 Å². The van der Waals surface area contributed by atoms with Gasteiger partial charge in [-0.25, -0.2) is 0 Å². The lowest BCUT2D eigenvalue weighted by atomic mass is 9.78. The maximum absolute atomic E-state index is 10.6. The average molecular weight is 302 g/mol. The maximum atomic E-state index is 10.6. The average Bonchev–Trinajstić information content (AvgIpc) is 2.95. The molecule has 1 aliphatic rings. The zero-order chi connectivity index (χ0) is 12.5. The minimum atomic E-state index is -0.603. The lowest BCUT2D eigenvalue weighted by Crippen LogP contribution is -2.34. The maximum Gasteiger partial charge on any atom is 0.147 e. The SMILES string of the molecule is CCC1CCC(CN)(C(O)c2occc2Br)C1. The van der Waals surface area contributed by atoms with E-state index in [1.165, 1.54) is 0 Å². The third-order valence-electron chi connectivity index (χ3n) is 4.20. The predicted molar refractivity (Wildman–Crippen MR) is 70.5 cm³/mol. The number of aliphatic hydroxyl groups excluding tert-OH is 1. The minimum absolute atomic E-state index is 0.207. The molecule has 0 aliphatic heterocycles. The summed E-state index contributed by atoms with van der Waals surface area (Å²) in [5.41, 5.74) is 5.72. The van der Waals surface area contributed by atoms with Crippen LogP contribution >= 0.6 is 15.9 Å². The van der Waals surface area contributed by atoms with Gasteiger partial charge in [0.1, 0.15) is 11.9 Å². The first-order chi connectivity index (χ1) is 8.13. The highest BCUT2D eigenvalue weighted by Gasteiger charge is 2.45. The lowest BCUT2D eigenvalue weighted by molar-refractivity contribution is 0.0130. The Kier molecular flexibility index (Phi) is 3.95. The van der Waals surface area contributed by atoms with Crippen molar-refractivity contribution in [3.8, 4) is 0 Å². The summed E-state index contributed by atoms with van der Waals surface area (Å²) in [5.74, 6) is 1.30. The Balaban J connectivity index is 2.22. The highest BCUT2D eigenvalue weighted by atomic mass is 79.9. The molecule has 3 N–H and O–H groups in total. The van der Waals surface area contributed by atoms with Crippen LogP contribution in [0.2, 0.25) is 0 Å². The number of aliphatic hydroxyl groups is 1. The second-order valence-corrected chi connectivity index (χ2v) is 5.97. The normalized spacial score (nSPS) is 30.7. The monoisotopic (exact) mass is 301 g/mol. The molecule has 1 aliphatic carbocycles. The van der Waals surface area contributed by atoms with Crippen LogP contribution in [-0.4, -0.2) is 11.7 Å². The van der Waals surface area contributed by atoms with Crippen molar-refractivity contribution in [2.75, 3.05) is 6.54 Å². The largest absolute Gasteiger partial charge is 0.465 e. The first-order valence-corrected chi connectivity index (χ1v) is 7.03. The molecular formula is C13H20BrNO2. The van der Waals surface area contributed by atoms with Gasteiger partial charge in [0.05, 0.1) is 10.7 Å². The molecule has 0 saturated heterocycles. The number of rotatable bonds is 4. The Morgan fingerprint density at radius 2 is 2.47 bits per heavy atom. The van der Waals surface area contributed by atoms with Gasteiger partial charge in [-0.3, -0.25) is 0 Å². The summed E-state index contributed by atoms with van der Waals surface area (Å²) >= 11 is 3.40. The van der Waals surface area contributed by atoms with E-state index in [-0.39, 0.29) is 5.41 Å². The zero-order valence-electron chi connectivity index (χ0n) is 10.2. The highest BCUT2D eigenvalue weighted by molar-refractivity contribution is 9.10. The van der Waals surface area contributed by atoms with Gasteiger partial charge in [-0.15, -0.1) is 0 Å². The van der Waals surface area contributed by atoms with Crippen molar-refractivity contribution in [1.29, 1.82) is 0 Å². The van der Waals surface area contributed by atoms with Gasteiger partial charge in [-0.05, 0) is 47.2 Å². The first-order valence-electron chi connectivity index (χ1n) is 6.24. The molecule has 1 heterocycles. The third-order valence-corrected chi connectivity index (χ3v) is 4.86. The van der Waals surface area contributed by atoms with Crippen LogP contribution < -0.4 is 5.73 Å². The Hall–Kier alpha value is -0.320. The Morgan fingerprint density at radius 1 is 1.71 bits per heavy atom. The van der Waals surface area contributed by atoms with Gasteiger partial charge in [-0.1, -0.05) is 13.3 Å². The van der Waals surface area contributed by atoms with Crippen LogP contribution in [0.3, 0.4) is 0 Å². The number of hydrogen-bond acceptors (Lipinski definition) is 3. The van der Waals surface area contributed by atoms with Gasteiger partial charge >= 0.3 is 0 Å².